The van der Waals surface area contributed by atoms with Gasteiger partial charge in [-0.2, -0.15) is 0 Å². The van der Waals surface area contributed by atoms with Crippen LogP contribution in [0.2, 0.25) is 0 Å². The van der Waals surface area contributed by atoms with Crippen molar-refractivity contribution in [3.8, 4) is 0 Å². The van der Waals surface area contributed by atoms with Crippen molar-refractivity contribution in [3.05, 3.63) is 35.9 Å². The molecular formula is C18H31IN4O2S. The first kappa shape index (κ1) is 23.2. The number of hydrogen-bond acceptors (Lipinski definition) is 3. The van der Waals surface area contributed by atoms with Gasteiger partial charge in [-0.05, 0) is 31.2 Å². The first-order valence-electron chi connectivity index (χ1n) is 9.04. The van der Waals surface area contributed by atoms with Gasteiger partial charge < -0.3 is 10.2 Å². The van der Waals surface area contributed by atoms with E-state index in [0.29, 0.717) is 12.5 Å². The average molecular weight is 494 g/mol. The lowest BCUT2D eigenvalue weighted by molar-refractivity contribution is 0.266. The number of aliphatic imine (C=N–C) groups is 1. The Balaban J connectivity index is 0.00000338. The highest BCUT2D eigenvalue weighted by Gasteiger charge is 2.19. The van der Waals surface area contributed by atoms with Gasteiger partial charge in [-0.1, -0.05) is 37.3 Å². The molecule has 26 heavy (non-hydrogen) atoms. The Kier molecular flexibility index (Phi) is 10.5. The van der Waals surface area contributed by atoms with Crippen molar-refractivity contribution in [2.75, 3.05) is 31.9 Å². The second kappa shape index (κ2) is 11.8. The number of halogens is 1. The molecule has 1 aromatic carbocycles. The van der Waals surface area contributed by atoms with Crippen LogP contribution >= 0.6 is 24.0 Å². The van der Waals surface area contributed by atoms with Crippen LogP contribution in [0.1, 0.15) is 32.3 Å². The minimum atomic E-state index is -3.34. The number of benzene rings is 1. The number of nitrogens with zero attached hydrogens (tertiary/aromatic N) is 2. The van der Waals surface area contributed by atoms with E-state index in [2.05, 4.69) is 26.9 Å². The maximum absolute atomic E-state index is 12.2. The first-order valence-corrected chi connectivity index (χ1v) is 10.7. The lowest BCUT2D eigenvalue weighted by Gasteiger charge is -2.33. The van der Waals surface area contributed by atoms with Gasteiger partial charge in [-0.3, -0.25) is 4.99 Å². The molecule has 0 radical (unpaired) electrons. The summed E-state index contributed by atoms with van der Waals surface area (Å²) in [5.74, 6) is 1.47. The fraction of sp³-hybridized carbons (Fsp3) is 0.611. The molecule has 1 aromatic rings. The van der Waals surface area contributed by atoms with Crippen LogP contribution in [-0.4, -0.2) is 51.2 Å². The Bertz CT molecular complexity index is 652. The van der Waals surface area contributed by atoms with Crippen LogP contribution in [0, 0.1) is 5.92 Å². The predicted molar refractivity (Wildman–Crippen MR) is 118 cm³/mol. The van der Waals surface area contributed by atoms with E-state index in [1.54, 1.807) is 0 Å². The number of hydrogen-bond donors (Lipinski definition) is 2. The molecule has 0 bridgehead atoms. The molecule has 0 aliphatic carbocycles. The normalized spacial score (nSPS) is 18.3. The lowest BCUT2D eigenvalue weighted by atomic mass is 10.0. The molecule has 2 N–H and O–H groups in total. The molecule has 8 heteroatoms. The van der Waals surface area contributed by atoms with Crippen molar-refractivity contribution < 1.29 is 8.42 Å². The Morgan fingerprint density at radius 2 is 2.04 bits per heavy atom. The SMILES string of the molecule is CCNC(=NCCS(=O)(=O)NCc1ccccc1)N1CCCC(C)C1.I. The van der Waals surface area contributed by atoms with Gasteiger partial charge >= 0.3 is 0 Å². The molecule has 1 aliphatic heterocycles. The Morgan fingerprint density at radius 3 is 2.69 bits per heavy atom. The van der Waals surface area contributed by atoms with Gasteiger partial charge in [-0.15, -0.1) is 24.0 Å². The molecule has 6 nitrogen and oxygen atoms in total. The summed E-state index contributed by atoms with van der Waals surface area (Å²) >= 11 is 0. The lowest BCUT2D eigenvalue weighted by Crippen LogP contribution is -2.46. The smallest absolute Gasteiger partial charge is 0.213 e. The van der Waals surface area contributed by atoms with Gasteiger partial charge in [0.25, 0.3) is 0 Å². The molecule has 1 heterocycles. The summed E-state index contributed by atoms with van der Waals surface area (Å²) in [4.78, 5) is 6.76. The zero-order chi connectivity index (χ0) is 18.1. The van der Waals surface area contributed by atoms with E-state index in [4.69, 9.17) is 0 Å². The molecule has 1 aliphatic rings. The monoisotopic (exact) mass is 494 g/mol. The molecule has 0 spiro atoms. The number of sulfonamides is 1. The zero-order valence-corrected chi connectivity index (χ0v) is 18.8. The van der Waals surface area contributed by atoms with Crippen LogP contribution in [0.5, 0.6) is 0 Å². The molecule has 1 saturated heterocycles. The summed E-state index contributed by atoms with van der Waals surface area (Å²) in [5.41, 5.74) is 0.949. The minimum Gasteiger partial charge on any atom is -0.357 e. The summed E-state index contributed by atoms with van der Waals surface area (Å²) in [7, 11) is -3.34. The van der Waals surface area contributed by atoms with E-state index >= 15 is 0 Å². The van der Waals surface area contributed by atoms with E-state index < -0.39 is 10.0 Å². The standard InChI is InChI=1S/C18H30N4O2S.HI/c1-3-19-18(22-12-7-8-16(2)15-22)20-11-13-25(23,24)21-14-17-9-5-4-6-10-17;/h4-6,9-10,16,21H,3,7-8,11-15H2,1-2H3,(H,19,20);1H. The zero-order valence-electron chi connectivity index (χ0n) is 15.6. The average Bonchev–Trinajstić information content (AvgIpc) is 2.60. The molecular weight excluding hydrogens is 463 g/mol. The number of piperidine rings is 1. The molecule has 1 unspecified atom stereocenters. The molecule has 0 aromatic heterocycles. The summed E-state index contributed by atoms with van der Waals surface area (Å²) in [6, 6.07) is 9.52. The van der Waals surface area contributed by atoms with Gasteiger partial charge in [-0.25, -0.2) is 13.1 Å². The third kappa shape index (κ3) is 8.22. The van der Waals surface area contributed by atoms with Crippen molar-refractivity contribution in [2.24, 2.45) is 10.9 Å². The quantitative estimate of drug-likeness (QED) is 0.347. The largest absolute Gasteiger partial charge is 0.357 e. The highest BCUT2D eigenvalue weighted by atomic mass is 127. The van der Waals surface area contributed by atoms with Crippen molar-refractivity contribution in [1.29, 1.82) is 0 Å². The van der Waals surface area contributed by atoms with Crippen molar-refractivity contribution in [1.82, 2.24) is 14.9 Å². The van der Waals surface area contributed by atoms with Crippen LogP contribution in [0.4, 0.5) is 0 Å². The third-order valence-electron chi connectivity index (χ3n) is 4.25. The van der Waals surface area contributed by atoms with E-state index in [1.165, 1.54) is 6.42 Å². The van der Waals surface area contributed by atoms with Crippen molar-refractivity contribution in [2.45, 2.75) is 33.2 Å². The molecule has 0 amide bonds. The minimum absolute atomic E-state index is 0. The first-order chi connectivity index (χ1) is 12.0. The van der Waals surface area contributed by atoms with Gasteiger partial charge in [0.05, 0.1) is 12.3 Å². The van der Waals surface area contributed by atoms with Crippen LogP contribution in [0.25, 0.3) is 0 Å². The number of nitrogens with one attached hydrogen (secondary N) is 2. The summed E-state index contributed by atoms with van der Waals surface area (Å²) in [6.45, 7) is 7.59. The number of guanidine groups is 1. The highest BCUT2D eigenvalue weighted by molar-refractivity contribution is 14.0. The fourth-order valence-electron chi connectivity index (χ4n) is 2.94. The molecule has 0 saturated carbocycles. The molecule has 148 valence electrons. The summed E-state index contributed by atoms with van der Waals surface area (Å²) in [5, 5.41) is 3.28. The second-order valence-corrected chi connectivity index (χ2v) is 8.48. The Hall–Kier alpha value is -0.870. The van der Waals surface area contributed by atoms with Gasteiger partial charge in [0.2, 0.25) is 10.0 Å². The topological polar surface area (TPSA) is 73.8 Å². The third-order valence-corrected chi connectivity index (χ3v) is 5.56. The highest BCUT2D eigenvalue weighted by Crippen LogP contribution is 2.15. The van der Waals surface area contributed by atoms with E-state index in [1.807, 2.05) is 37.3 Å². The summed E-state index contributed by atoms with van der Waals surface area (Å²) < 4.78 is 27.0. The van der Waals surface area contributed by atoms with Gasteiger partial charge in [0, 0.05) is 26.2 Å². The van der Waals surface area contributed by atoms with E-state index in [-0.39, 0.29) is 36.3 Å². The van der Waals surface area contributed by atoms with E-state index in [9.17, 15) is 8.42 Å². The van der Waals surface area contributed by atoms with Crippen LogP contribution in [0.3, 0.4) is 0 Å². The van der Waals surface area contributed by atoms with Crippen molar-refractivity contribution in [3.63, 3.8) is 0 Å². The maximum Gasteiger partial charge on any atom is 0.213 e. The second-order valence-electron chi connectivity index (χ2n) is 6.55. The van der Waals surface area contributed by atoms with E-state index in [0.717, 1.165) is 37.6 Å². The van der Waals surface area contributed by atoms with Crippen LogP contribution in [0.15, 0.2) is 35.3 Å². The number of rotatable bonds is 7. The summed E-state index contributed by atoms with van der Waals surface area (Å²) in [6.07, 6.45) is 2.40. The van der Waals surface area contributed by atoms with Gasteiger partial charge in [0.15, 0.2) is 5.96 Å². The fourth-order valence-corrected chi connectivity index (χ4v) is 3.80. The Morgan fingerprint density at radius 1 is 1.31 bits per heavy atom. The van der Waals surface area contributed by atoms with Gasteiger partial charge in [0.1, 0.15) is 0 Å². The maximum atomic E-state index is 12.2. The predicted octanol–water partition coefficient (Wildman–Crippen LogP) is 2.42. The van der Waals surface area contributed by atoms with Crippen LogP contribution < -0.4 is 10.0 Å². The number of likely N-dealkylation sites (tertiary alicyclic amines) is 1. The molecule has 1 fully saturated rings. The molecule has 1 atom stereocenters. The van der Waals surface area contributed by atoms with Crippen LogP contribution in [-0.2, 0) is 16.6 Å². The van der Waals surface area contributed by atoms with Crippen molar-refractivity contribution >= 4 is 40.0 Å². The molecule has 2 rings (SSSR count). The Labute approximate surface area is 174 Å².